The van der Waals surface area contributed by atoms with Gasteiger partial charge < -0.3 is 10.6 Å². The maximum Gasteiger partial charge on any atom is 0.265 e. The van der Waals surface area contributed by atoms with Gasteiger partial charge in [0.2, 0.25) is 5.91 Å². The predicted molar refractivity (Wildman–Crippen MR) is 130 cm³/mol. The molecule has 1 aliphatic heterocycles. The largest absolute Gasteiger partial charge is 0.325 e. The van der Waals surface area contributed by atoms with Gasteiger partial charge in [-0.2, -0.15) is 0 Å². The molecule has 2 aromatic carbocycles. The second kappa shape index (κ2) is 11.0. The summed E-state index contributed by atoms with van der Waals surface area (Å²) in [6, 6.07) is 21.4. The molecule has 4 rings (SSSR count). The van der Waals surface area contributed by atoms with Gasteiger partial charge in [-0.1, -0.05) is 36.4 Å². The number of amides is 2. The van der Waals surface area contributed by atoms with Crippen LogP contribution in [0.4, 0.5) is 11.4 Å². The van der Waals surface area contributed by atoms with Crippen LogP contribution in [0.25, 0.3) is 0 Å². The van der Waals surface area contributed by atoms with E-state index in [0.29, 0.717) is 17.1 Å². The first kappa shape index (κ1) is 22.2. The van der Waals surface area contributed by atoms with Gasteiger partial charge in [0, 0.05) is 31.0 Å². The van der Waals surface area contributed by atoms with Crippen molar-refractivity contribution in [1.82, 2.24) is 9.80 Å². The van der Waals surface area contributed by atoms with Crippen molar-refractivity contribution >= 4 is 34.5 Å². The molecule has 0 unspecified atom stereocenters. The van der Waals surface area contributed by atoms with Gasteiger partial charge in [0.25, 0.3) is 5.91 Å². The molecule has 0 bridgehead atoms. The zero-order valence-corrected chi connectivity index (χ0v) is 18.8. The molecule has 1 fully saturated rings. The number of nitrogens with one attached hydrogen (secondary N) is 2. The van der Waals surface area contributed by atoms with E-state index < -0.39 is 0 Å². The maximum absolute atomic E-state index is 12.5. The van der Waals surface area contributed by atoms with Crippen LogP contribution in [0.15, 0.2) is 72.1 Å². The summed E-state index contributed by atoms with van der Waals surface area (Å²) in [6.07, 6.45) is 1.05. The van der Waals surface area contributed by atoms with E-state index >= 15 is 0 Å². The first-order valence-electron chi connectivity index (χ1n) is 10.9. The van der Waals surface area contributed by atoms with Crippen molar-refractivity contribution in [1.29, 1.82) is 0 Å². The average molecular weight is 449 g/mol. The van der Waals surface area contributed by atoms with Gasteiger partial charge >= 0.3 is 0 Å². The van der Waals surface area contributed by atoms with Crippen molar-refractivity contribution in [2.75, 3.05) is 43.4 Å². The number of nitrogens with zero attached hydrogens (tertiary/aromatic N) is 2. The Bertz CT molecular complexity index is 1010. The third-order valence-corrected chi connectivity index (χ3v) is 6.34. The molecule has 2 N–H and O–H groups in total. The lowest BCUT2D eigenvalue weighted by atomic mass is 10.2. The van der Waals surface area contributed by atoms with E-state index in [1.165, 1.54) is 16.9 Å². The highest BCUT2D eigenvalue weighted by Crippen LogP contribution is 2.17. The molecule has 2 amide bonds. The van der Waals surface area contributed by atoms with Crippen molar-refractivity contribution in [3.63, 3.8) is 0 Å². The van der Waals surface area contributed by atoms with Gasteiger partial charge in [0.15, 0.2) is 0 Å². The fourth-order valence-corrected chi connectivity index (χ4v) is 4.44. The highest BCUT2D eigenvalue weighted by molar-refractivity contribution is 7.12. The molecular weight excluding hydrogens is 420 g/mol. The number of hydrogen-bond acceptors (Lipinski definition) is 5. The second-order valence-electron chi connectivity index (χ2n) is 7.95. The standard InChI is InChI=1S/C25H28N4O2S/c30-24(19-29-14-5-13-28(15-16-29)18-20-6-2-1-3-7-20)26-21-9-11-22(12-10-21)27-25(31)23-8-4-17-32-23/h1-4,6-12,17H,5,13-16,18-19H2,(H,26,30)(H,27,31). The minimum Gasteiger partial charge on any atom is -0.325 e. The molecule has 1 aromatic heterocycles. The number of thiophene rings is 1. The van der Waals surface area contributed by atoms with Gasteiger partial charge in [-0.25, -0.2) is 0 Å². The Morgan fingerprint density at radius 3 is 2.19 bits per heavy atom. The molecule has 32 heavy (non-hydrogen) atoms. The third-order valence-electron chi connectivity index (χ3n) is 5.47. The number of hydrogen-bond donors (Lipinski definition) is 2. The monoisotopic (exact) mass is 448 g/mol. The number of benzene rings is 2. The van der Waals surface area contributed by atoms with Crippen LogP contribution in [0.2, 0.25) is 0 Å². The lowest BCUT2D eigenvalue weighted by molar-refractivity contribution is -0.117. The molecule has 2 heterocycles. The van der Waals surface area contributed by atoms with Crippen LogP contribution < -0.4 is 10.6 Å². The van der Waals surface area contributed by atoms with Crippen molar-refractivity contribution in [3.8, 4) is 0 Å². The molecule has 1 saturated heterocycles. The molecule has 0 aliphatic carbocycles. The summed E-state index contributed by atoms with van der Waals surface area (Å²) in [5, 5.41) is 7.70. The smallest absolute Gasteiger partial charge is 0.265 e. The summed E-state index contributed by atoms with van der Waals surface area (Å²) in [5.41, 5.74) is 2.76. The number of carbonyl (C=O) groups excluding carboxylic acids is 2. The Labute approximate surface area is 192 Å². The second-order valence-corrected chi connectivity index (χ2v) is 8.90. The van der Waals surface area contributed by atoms with E-state index in [1.54, 1.807) is 18.2 Å². The molecule has 0 atom stereocenters. The van der Waals surface area contributed by atoms with Crippen LogP contribution in [0, 0.1) is 0 Å². The molecule has 7 heteroatoms. The van der Waals surface area contributed by atoms with Crippen LogP contribution in [-0.4, -0.2) is 54.3 Å². The van der Waals surface area contributed by atoms with Crippen molar-refractivity contribution in [2.24, 2.45) is 0 Å². The molecule has 166 valence electrons. The van der Waals surface area contributed by atoms with Crippen LogP contribution >= 0.6 is 11.3 Å². The van der Waals surface area contributed by atoms with E-state index in [9.17, 15) is 9.59 Å². The van der Waals surface area contributed by atoms with E-state index in [2.05, 4.69) is 44.7 Å². The number of carbonyl (C=O) groups is 2. The summed E-state index contributed by atoms with van der Waals surface area (Å²) in [4.78, 5) is 30.0. The number of anilines is 2. The fourth-order valence-electron chi connectivity index (χ4n) is 3.82. The summed E-state index contributed by atoms with van der Waals surface area (Å²) in [6.45, 7) is 5.15. The van der Waals surface area contributed by atoms with E-state index in [0.717, 1.165) is 44.8 Å². The van der Waals surface area contributed by atoms with Gasteiger partial charge in [0.1, 0.15) is 0 Å². The van der Waals surface area contributed by atoms with Gasteiger partial charge in [-0.05, 0) is 60.8 Å². The van der Waals surface area contributed by atoms with Gasteiger partial charge in [-0.15, -0.1) is 11.3 Å². The minimum atomic E-state index is -0.126. The average Bonchev–Trinajstić information content (AvgIpc) is 3.26. The minimum absolute atomic E-state index is 0.0168. The van der Waals surface area contributed by atoms with E-state index in [-0.39, 0.29) is 11.8 Å². The Kier molecular flexibility index (Phi) is 7.66. The Morgan fingerprint density at radius 1 is 0.781 bits per heavy atom. The lowest BCUT2D eigenvalue weighted by Gasteiger charge is -2.21. The lowest BCUT2D eigenvalue weighted by Crippen LogP contribution is -2.36. The predicted octanol–water partition coefficient (Wildman–Crippen LogP) is 4.15. The molecule has 3 aromatic rings. The molecular formula is C25H28N4O2S. The highest BCUT2D eigenvalue weighted by atomic mass is 32.1. The maximum atomic E-state index is 12.5. The van der Waals surface area contributed by atoms with Crippen LogP contribution in [-0.2, 0) is 11.3 Å². The number of rotatable bonds is 7. The third kappa shape index (κ3) is 6.50. The van der Waals surface area contributed by atoms with E-state index in [4.69, 9.17) is 0 Å². The van der Waals surface area contributed by atoms with Gasteiger partial charge in [-0.3, -0.25) is 19.4 Å². The fraction of sp³-hybridized carbons (Fsp3) is 0.280. The first-order chi connectivity index (χ1) is 15.7. The zero-order valence-electron chi connectivity index (χ0n) is 18.0. The molecule has 0 saturated carbocycles. The Morgan fingerprint density at radius 2 is 1.47 bits per heavy atom. The van der Waals surface area contributed by atoms with Crippen molar-refractivity contribution in [2.45, 2.75) is 13.0 Å². The van der Waals surface area contributed by atoms with Gasteiger partial charge in [0.05, 0.1) is 11.4 Å². The molecule has 1 aliphatic rings. The SMILES string of the molecule is O=C(CN1CCCN(Cc2ccccc2)CC1)Nc1ccc(NC(=O)c2cccs2)cc1. The molecule has 0 spiro atoms. The van der Waals surface area contributed by atoms with Crippen LogP contribution in [0.3, 0.4) is 0 Å². The first-order valence-corrected chi connectivity index (χ1v) is 11.8. The summed E-state index contributed by atoms with van der Waals surface area (Å²) in [7, 11) is 0. The van der Waals surface area contributed by atoms with Crippen molar-refractivity contribution < 1.29 is 9.59 Å². The zero-order chi connectivity index (χ0) is 22.2. The topological polar surface area (TPSA) is 64.7 Å². The van der Waals surface area contributed by atoms with Crippen LogP contribution in [0.5, 0.6) is 0 Å². The molecule has 6 nitrogen and oxygen atoms in total. The Balaban J connectivity index is 1.22. The Hall–Kier alpha value is -3.00. The summed E-state index contributed by atoms with van der Waals surface area (Å²) >= 11 is 1.40. The van der Waals surface area contributed by atoms with E-state index in [1.807, 2.05) is 29.6 Å². The molecule has 0 radical (unpaired) electrons. The van der Waals surface area contributed by atoms with Crippen molar-refractivity contribution in [3.05, 3.63) is 82.6 Å². The highest BCUT2D eigenvalue weighted by Gasteiger charge is 2.17. The summed E-state index contributed by atoms with van der Waals surface area (Å²) < 4.78 is 0. The normalized spacial score (nSPS) is 15.1. The van der Waals surface area contributed by atoms with Crippen LogP contribution in [0.1, 0.15) is 21.7 Å². The quantitative estimate of drug-likeness (QED) is 0.570. The summed E-state index contributed by atoms with van der Waals surface area (Å²) in [5.74, 6) is -0.142.